The Morgan fingerprint density at radius 1 is 1.12 bits per heavy atom. The second-order valence-electron chi connectivity index (χ2n) is 5.99. The van der Waals surface area contributed by atoms with E-state index in [4.69, 9.17) is 4.74 Å². The molecule has 1 unspecified atom stereocenters. The van der Waals surface area contributed by atoms with Crippen LogP contribution in [0, 0.1) is 0 Å². The highest BCUT2D eigenvalue weighted by atomic mass is 16.5. The molecule has 6 heteroatoms. The second kappa shape index (κ2) is 7.49. The molecule has 1 aromatic carbocycles. The Bertz CT molecular complexity index is 670. The molecular formula is C18H25N5O. The molecule has 2 heterocycles. The predicted octanol–water partition coefficient (Wildman–Crippen LogP) is 2.41. The maximum atomic E-state index is 5.34. The second-order valence-corrected chi connectivity index (χ2v) is 5.99. The van der Waals surface area contributed by atoms with E-state index in [0.29, 0.717) is 6.04 Å². The third-order valence-electron chi connectivity index (χ3n) is 4.67. The molecule has 0 bridgehead atoms. The van der Waals surface area contributed by atoms with Crippen molar-refractivity contribution in [1.82, 2.24) is 14.9 Å². The summed E-state index contributed by atoms with van der Waals surface area (Å²) >= 11 is 0. The number of nitrogens with zero attached hydrogens (tertiary/aromatic N) is 4. The van der Waals surface area contributed by atoms with Gasteiger partial charge in [0.15, 0.2) is 0 Å². The van der Waals surface area contributed by atoms with Gasteiger partial charge in [-0.1, -0.05) is 12.1 Å². The standard InChI is InChI=1S/C18H25N5O/c1-14(15-5-4-6-16(11-15)24-3)22-7-9-23(10-8-22)18-12-17(19-2)20-13-21-18/h4-6,11-14H,7-10H2,1-3H3,(H,19,20,21). The van der Waals surface area contributed by atoms with Gasteiger partial charge in [-0.2, -0.15) is 0 Å². The molecule has 1 aliphatic rings. The number of rotatable bonds is 5. The average molecular weight is 327 g/mol. The molecular weight excluding hydrogens is 302 g/mol. The van der Waals surface area contributed by atoms with E-state index in [2.05, 4.69) is 50.2 Å². The Labute approximate surface area is 143 Å². The zero-order chi connectivity index (χ0) is 16.9. The fraction of sp³-hybridized carbons (Fsp3) is 0.444. The summed E-state index contributed by atoms with van der Waals surface area (Å²) in [5, 5.41) is 3.07. The maximum absolute atomic E-state index is 5.34. The van der Waals surface area contributed by atoms with E-state index >= 15 is 0 Å². The molecule has 0 radical (unpaired) electrons. The molecule has 1 atom stereocenters. The number of methoxy groups -OCH3 is 1. The van der Waals surface area contributed by atoms with Crippen LogP contribution >= 0.6 is 0 Å². The number of anilines is 2. The van der Waals surface area contributed by atoms with Crippen molar-refractivity contribution < 1.29 is 4.74 Å². The van der Waals surface area contributed by atoms with E-state index in [9.17, 15) is 0 Å². The van der Waals surface area contributed by atoms with Gasteiger partial charge in [0.1, 0.15) is 23.7 Å². The molecule has 1 aliphatic heterocycles. The molecule has 128 valence electrons. The molecule has 1 aromatic heterocycles. The van der Waals surface area contributed by atoms with Gasteiger partial charge >= 0.3 is 0 Å². The smallest absolute Gasteiger partial charge is 0.134 e. The number of benzene rings is 1. The molecule has 0 aliphatic carbocycles. The van der Waals surface area contributed by atoms with Crippen molar-refractivity contribution in [2.24, 2.45) is 0 Å². The first-order chi connectivity index (χ1) is 11.7. The van der Waals surface area contributed by atoms with Crippen LogP contribution in [0.25, 0.3) is 0 Å². The zero-order valence-corrected chi connectivity index (χ0v) is 14.6. The van der Waals surface area contributed by atoms with E-state index in [1.165, 1.54) is 5.56 Å². The van der Waals surface area contributed by atoms with E-state index in [-0.39, 0.29) is 0 Å². The highest BCUT2D eigenvalue weighted by Crippen LogP contribution is 2.26. The monoisotopic (exact) mass is 327 g/mol. The summed E-state index contributed by atoms with van der Waals surface area (Å²) in [5.74, 6) is 2.76. The molecule has 24 heavy (non-hydrogen) atoms. The number of hydrogen-bond acceptors (Lipinski definition) is 6. The number of hydrogen-bond donors (Lipinski definition) is 1. The highest BCUT2D eigenvalue weighted by Gasteiger charge is 2.23. The van der Waals surface area contributed by atoms with Gasteiger partial charge in [0.2, 0.25) is 0 Å². The van der Waals surface area contributed by atoms with E-state index < -0.39 is 0 Å². The topological polar surface area (TPSA) is 53.5 Å². The van der Waals surface area contributed by atoms with Crippen molar-refractivity contribution in [3.63, 3.8) is 0 Å². The summed E-state index contributed by atoms with van der Waals surface area (Å²) in [7, 11) is 3.59. The number of ether oxygens (including phenoxy) is 1. The quantitative estimate of drug-likeness (QED) is 0.910. The van der Waals surface area contributed by atoms with Crippen LogP contribution in [0.3, 0.4) is 0 Å². The van der Waals surface area contributed by atoms with Crippen molar-refractivity contribution in [3.8, 4) is 5.75 Å². The Kier molecular flexibility index (Phi) is 5.15. The molecule has 0 amide bonds. The van der Waals surface area contributed by atoms with Gasteiger partial charge in [-0.15, -0.1) is 0 Å². The third kappa shape index (κ3) is 3.59. The molecule has 3 rings (SSSR count). The fourth-order valence-corrected chi connectivity index (χ4v) is 3.11. The molecule has 6 nitrogen and oxygen atoms in total. The van der Waals surface area contributed by atoms with Crippen LogP contribution in [0.1, 0.15) is 18.5 Å². The lowest BCUT2D eigenvalue weighted by Crippen LogP contribution is -2.47. The Morgan fingerprint density at radius 3 is 2.62 bits per heavy atom. The molecule has 0 spiro atoms. The van der Waals surface area contributed by atoms with Crippen LogP contribution in [-0.4, -0.2) is 55.2 Å². The Hall–Kier alpha value is -2.34. The molecule has 0 saturated carbocycles. The highest BCUT2D eigenvalue weighted by molar-refractivity contribution is 5.48. The lowest BCUT2D eigenvalue weighted by Gasteiger charge is -2.38. The summed E-state index contributed by atoms with van der Waals surface area (Å²) in [6, 6.07) is 10.7. The van der Waals surface area contributed by atoms with E-state index in [0.717, 1.165) is 43.6 Å². The average Bonchev–Trinajstić information content (AvgIpc) is 2.67. The van der Waals surface area contributed by atoms with Crippen molar-refractivity contribution >= 4 is 11.6 Å². The van der Waals surface area contributed by atoms with Gasteiger partial charge < -0.3 is 15.0 Å². The fourth-order valence-electron chi connectivity index (χ4n) is 3.11. The molecule has 2 aromatic rings. The summed E-state index contributed by atoms with van der Waals surface area (Å²) in [6.45, 7) is 6.21. The van der Waals surface area contributed by atoms with Crippen molar-refractivity contribution in [2.75, 3.05) is 50.6 Å². The normalized spacial score (nSPS) is 16.7. The summed E-state index contributed by atoms with van der Waals surface area (Å²) in [4.78, 5) is 13.4. The van der Waals surface area contributed by atoms with Crippen LogP contribution in [0.2, 0.25) is 0 Å². The first-order valence-corrected chi connectivity index (χ1v) is 8.34. The SMILES string of the molecule is CNc1cc(N2CCN(C(C)c3cccc(OC)c3)CC2)ncn1. The third-order valence-corrected chi connectivity index (χ3v) is 4.67. The van der Waals surface area contributed by atoms with Gasteiger partial charge in [-0.05, 0) is 24.6 Å². The largest absolute Gasteiger partial charge is 0.497 e. The summed E-state index contributed by atoms with van der Waals surface area (Å²) in [5.41, 5.74) is 1.29. The molecule has 1 N–H and O–H groups in total. The van der Waals surface area contributed by atoms with Gasteiger partial charge in [0.05, 0.1) is 7.11 Å². The van der Waals surface area contributed by atoms with Crippen molar-refractivity contribution in [1.29, 1.82) is 0 Å². The summed E-state index contributed by atoms with van der Waals surface area (Å²) < 4.78 is 5.34. The lowest BCUT2D eigenvalue weighted by molar-refractivity contribution is 0.198. The minimum Gasteiger partial charge on any atom is -0.497 e. The van der Waals surface area contributed by atoms with Gasteiger partial charge in [0, 0.05) is 45.3 Å². The first kappa shape index (κ1) is 16.5. The molecule has 1 saturated heterocycles. The van der Waals surface area contributed by atoms with Gasteiger partial charge in [-0.3, -0.25) is 4.90 Å². The summed E-state index contributed by atoms with van der Waals surface area (Å²) in [6.07, 6.45) is 1.62. The minimum atomic E-state index is 0.375. The van der Waals surface area contributed by atoms with E-state index in [1.807, 2.05) is 19.2 Å². The van der Waals surface area contributed by atoms with Crippen LogP contribution < -0.4 is 15.0 Å². The zero-order valence-electron chi connectivity index (χ0n) is 14.6. The van der Waals surface area contributed by atoms with Crippen molar-refractivity contribution in [2.45, 2.75) is 13.0 Å². The predicted molar refractivity (Wildman–Crippen MR) is 96.8 cm³/mol. The van der Waals surface area contributed by atoms with Crippen LogP contribution in [-0.2, 0) is 0 Å². The van der Waals surface area contributed by atoms with Gasteiger partial charge in [0.25, 0.3) is 0 Å². The van der Waals surface area contributed by atoms with Crippen LogP contribution in [0.15, 0.2) is 36.7 Å². The maximum Gasteiger partial charge on any atom is 0.134 e. The Balaban J connectivity index is 1.63. The number of nitrogens with one attached hydrogen (secondary N) is 1. The number of piperazine rings is 1. The van der Waals surface area contributed by atoms with E-state index in [1.54, 1.807) is 13.4 Å². The van der Waals surface area contributed by atoms with Gasteiger partial charge in [-0.25, -0.2) is 9.97 Å². The lowest BCUT2D eigenvalue weighted by atomic mass is 10.1. The molecule has 1 fully saturated rings. The Morgan fingerprint density at radius 2 is 1.92 bits per heavy atom. The number of aromatic nitrogens is 2. The van der Waals surface area contributed by atoms with Crippen LogP contribution in [0.4, 0.5) is 11.6 Å². The van der Waals surface area contributed by atoms with Crippen molar-refractivity contribution in [3.05, 3.63) is 42.2 Å². The first-order valence-electron chi connectivity index (χ1n) is 8.34. The minimum absolute atomic E-state index is 0.375. The van der Waals surface area contributed by atoms with Crippen LogP contribution in [0.5, 0.6) is 5.75 Å².